The van der Waals surface area contributed by atoms with Crippen LogP contribution >= 0.6 is 22.7 Å². The van der Waals surface area contributed by atoms with Gasteiger partial charge in [0.25, 0.3) is 5.56 Å². The van der Waals surface area contributed by atoms with Crippen molar-refractivity contribution >= 4 is 38.8 Å². The van der Waals surface area contributed by atoms with Gasteiger partial charge >= 0.3 is 0 Å². The van der Waals surface area contributed by atoms with Gasteiger partial charge in [-0.25, -0.2) is 4.98 Å². The first kappa shape index (κ1) is 17.6. The fraction of sp³-hybridized carbons (Fsp3) is 0.150. The summed E-state index contributed by atoms with van der Waals surface area (Å²) < 4.78 is 1.50. The van der Waals surface area contributed by atoms with E-state index in [1.807, 2.05) is 53.2 Å². The molecule has 4 aromatic rings. The zero-order valence-electron chi connectivity index (χ0n) is 14.4. The first-order valence-electron chi connectivity index (χ1n) is 8.53. The van der Waals surface area contributed by atoms with E-state index in [9.17, 15) is 9.59 Å². The SMILES string of the molecule is O=C(CCn1cnc2sccc2c1=O)NC(c1ccccc1)c1cccs1. The number of nitrogens with zero attached hydrogens (tertiary/aromatic N) is 2. The maximum Gasteiger partial charge on any atom is 0.262 e. The lowest BCUT2D eigenvalue weighted by molar-refractivity contribution is -0.121. The summed E-state index contributed by atoms with van der Waals surface area (Å²) in [7, 11) is 0. The Labute approximate surface area is 163 Å². The van der Waals surface area contributed by atoms with E-state index in [-0.39, 0.29) is 23.9 Å². The van der Waals surface area contributed by atoms with Gasteiger partial charge in [-0.1, -0.05) is 36.4 Å². The first-order chi connectivity index (χ1) is 13.2. The summed E-state index contributed by atoms with van der Waals surface area (Å²) in [6.45, 7) is 0.301. The molecule has 1 atom stereocenters. The molecule has 5 nitrogen and oxygen atoms in total. The largest absolute Gasteiger partial charge is 0.344 e. The second kappa shape index (κ2) is 7.85. The van der Waals surface area contributed by atoms with Crippen molar-refractivity contribution in [2.45, 2.75) is 19.0 Å². The minimum atomic E-state index is -0.187. The van der Waals surface area contributed by atoms with Gasteiger partial charge < -0.3 is 5.32 Å². The van der Waals surface area contributed by atoms with Crippen LogP contribution in [0.25, 0.3) is 10.2 Å². The highest BCUT2D eigenvalue weighted by molar-refractivity contribution is 7.16. The maximum absolute atomic E-state index is 12.6. The Kier molecular flexibility index (Phi) is 5.13. The molecule has 4 rings (SSSR count). The normalized spacial score (nSPS) is 12.1. The number of nitrogens with one attached hydrogen (secondary N) is 1. The Bertz CT molecular complexity index is 1100. The predicted molar refractivity (Wildman–Crippen MR) is 109 cm³/mol. The Morgan fingerprint density at radius 1 is 1.07 bits per heavy atom. The van der Waals surface area contributed by atoms with Gasteiger partial charge in [-0.2, -0.15) is 0 Å². The summed E-state index contributed by atoms with van der Waals surface area (Å²) in [6, 6.07) is 15.5. The van der Waals surface area contributed by atoms with E-state index in [4.69, 9.17) is 0 Å². The molecule has 3 aromatic heterocycles. The smallest absolute Gasteiger partial charge is 0.262 e. The second-order valence-corrected chi connectivity index (χ2v) is 7.93. The number of aromatic nitrogens is 2. The van der Waals surface area contributed by atoms with Gasteiger partial charge in [0.2, 0.25) is 5.91 Å². The second-order valence-electron chi connectivity index (χ2n) is 6.06. The number of amides is 1. The third kappa shape index (κ3) is 3.84. The van der Waals surface area contributed by atoms with Crippen LogP contribution in [0, 0.1) is 0 Å². The molecule has 0 spiro atoms. The summed E-state index contributed by atoms with van der Waals surface area (Å²) in [4.78, 5) is 31.1. The molecule has 0 fully saturated rings. The third-order valence-electron chi connectivity index (χ3n) is 4.30. The molecule has 0 radical (unpaired) electrons. The van der Waals surface area contributed by atoms with Crippen molar-refractivity contribution in [3.05, 3.63) is 86.4 Å². The lowest BCUT2D eigenvalue weighted by Gasteiger charge is -2.18. The Hall–Kier alpha value is -2.77. The summed E-state index contributed by atoms with van der Waals surface area (Å²) in [5.74, 6) is -0.102. The minimum Gasteiger partial charge on any atom is -0.344 e. The summed E-state index contributed by atoms with van der Waals surface area (Å²) >= 11 is 3.04. The molecule has 7 heteroatoms. The number of hydrogen-bond acceptors (Lipinski definition) is 5. The Morgan fingerprint density at radius 2 is 1.93 bits per heavy atom. The average molecular weight is 396 g/mol. The fourth-order valence-corrected chi connectivity index (χ4v) is 4.45. The van der Waals surface area contributed by atoms with Crippen LogP contribution in [-0.4, -0.2) is 15.5 Å². The zero-order valence-corrected chi connectivity index (χ0v) is 16.0. The van der Waals surface area contributed by atoms with E-state index >= 15 is 0 Å². The van der Waals surface area contributed by atoms with Crippen molar-refractivity contribution in [3.63, 3.8) is 0 Å². The molecule has 0 aliphatic heterocycles. The van der Waals surface area contributed by atoms with Gasteiger partial charge in [-0.05, 0) is 28.5 Å². The standard InChI is InChI=1S/C20H17N3O2S2/c24-17(8-10-23-13-21-19-15(20(23)25)9-12-27-19)22-18(16-7-4-11-26-16)14-5-2-1-3-6-14/h1-7,9,11-13,18H,8,10H2,(H,22,24). The number of hydrogen-bond donors (Lipinski definition) is 1. The van der Waals surface area contributed by atoms with Crippen LogP contribution in [0.4, 0.5) is 0 Å². The molecular weight excluding hydrogens is 378 g/mol. The van der Waals surface area contributed by atoms with Gasteiger partial charge in [0.1, 0.15) is 4.83 Å². The number of fused-ring (bicyclic) bond motifs is 1. The molecular formula is C20H17N3O2S2. The molecule has 1 aromatic carbocycles. The number of carbonyl (C=O) groups excluding carboxylic acids is 1. The van der Waals surface area contributed by atoms with Crippen LogP contribution in [0.3, 0.4) is 0 Å². The van der Waals surface area contributed by atoms with Crippen molar-refractivity contribution in [1.29, 1.82) is 0 Å². The Morgan fingerprint density at radius 3 is 2.70 bits per heavy atom. The van der Waals surface area contributed by atoms with E-state index < -0.39 is 0 Å². The van der Waals surface area contributed by atoms with Crippen molar-refractivity contribution in [3.8, 4) is 0 Å². The van der Waals surface area contributed by atoms with Gasteiger partial charge in [-0.15, -0.1) is 22.7 Å². The average Bonchev–Trinajstić information content (AvgIpc) is 3.38. The Balaban J connectivity index is 1.48. The summed E-state index contributed by atoms with van der Waals surface area (Å²) in [5.41, 5.74) is 0.929. The molecule has 0 aliphatic carbocycles. The highest BCUT2D eigenvalue weighted by Crippen LogP contribution is 2.26. The molecule has 0 saturated heterocycles. The molecule has 1 unspecified atom stereocenters. The minimum absolute atomic E-state index is 0.102. The van der Waals surface area contributed by atoms with Crippen LogP contribution in [-0.2, 0) is 11.3 Å². The number of benzene rings is 1. The van der Waals surface area contributed by atoms with Crippen LogP contribution in [0.2, 0.25) is 0 Å². The molecule has 27 heavy (non-hydrogen) atoms. The molecule has 1 amide bonds. The number of aryl methyl sites for hydroxylation is 1. The van der Waals surface area contributed by atoms with E-state index in [1.54, 1.807) is 17.4 Å². The van der Waals surface area contributed by atoms with Crippen molar-refractivity contribution < 1.29 is 4.79 Å². The summed E-state index contributed by atoms with van der Waals surface area (Å²) in [5, 5.41) is 7.54. The highest BCUT2D eigenvalue weighted by atomic mass is 32.1. The van der Waals surface area contributed by atoms with Gasteiger partial charge in [0.05, 0.1) is 17.8 Å². The van der Waals surface area contributed by atoms with Gasteiger partial charge in [0.15, 0.2) is 0 Å². The molecule has 1 N–H and O–H groups in total. The van der Waals surface area contributed by atoms with Crippen molar-refractivity contribution in [2.75, 3.05) is 0 Å². The van der Waals surface area contributed by atoms with Crippen molar-refractivity contribution in [1.82, 2.24) is 14.9 Å². The first-order valence-corrected chi connectivity index (χ1v) is 10.3. The van der Waals surface area contributed by atoms with E-state index in [0.29, 0.717) is 11.9 Å². The van der Waals surface area contributed by atoms with Crippen LogP contribution < -0.4 is 10.9 Å². The van der Waals surface area contributed by atoms with Gasteiger partial charge in [0, 0.05) is 17.8 Å². The van der Waals surface area contributed by atoms with Crippen LogP contribution in [0.15, 0.2) is 70.4 Å². The van der Waals surface area contributed by atoms with Gasteiger partial charge in [-0.3, -0.25) is 14.2 Å². The lowest BCUT2D eigenvalue weighted by Crippen LogP contribution is -2.31. The number of rotatable bonds is 6. The number of thiophene rings is 2. The molecule has 0 bridgehead atoms. The zero-order chi connectivity index (χ0) is 18.6. The number of carbonyl (C=O) groups is 1. The molecule has 0 aliphatic rings. The predicted octanol–water partition coefficient (Wildman–Crippen LogP) is 3.82. The summed E-state index contributed by atoms with van der Waals surface area (Å²) in [6.07, 6.45) is 1.73. The van der Waals surface area contributed by atoms with Crippen LogP contribution in [0.5, 0.6) is 0 Å². The quantitative estimate of drug-likeness (QED) is 0.540. The van der Waals surface area contributed by atoms with Crippen molar-refractivity contribution in [2.24, 2.45) is 0 Å². The fourth-order valence-electron chi connectivity index (χ4n) is 2.93. The lowest BCUT2D eigenvalue weighted by atomic mass is 10.1. The van der Waals surface area contributed by atoms with E-state index in [2.05, 4.69) is 10.3 Å². The topological polar surface area (TPSA) is 64.0 Å². The van der Waals surface area contributed by atoms with Crippen LogP contribution in [0.1, 0.15) is 22.9 Å². The van der Waals surface area contributed by atoms with E-state index in [0.717, 1.165) is 15.3 Å². The maximum atomic E-state index is 12.6. The molecule has 136 valence electrons. The molecule has 0 saturated carbocycles. The van der Waals surface area contributed by atoms with E-state index in [1.165, 1.54) is 22.2 Å². The highest BCUT2D eigenvalue weighted by Gasteiger charge is 2.17. The third-order valence-corrected chi connectivity index (χ3v) is 6.05. The molecule has 3 heterocycles. The monoisotopic (exact) mass is 395 g/mol.